The molecule has 1 aromatic heterocycles. The normalized spacial score (nSPS) is 10.5. The van der Waals surface area contributed by atoms with Crippen LogP contribution in [0.25, 0.3) is 0 Å². The lowest BCUT2D eigenvalue weighted by molar-refractivity contribution is 0.242. The number of rotatable bonds is 3. The molecule has 0 saturated carbocycles. The number of hydrogen-bond acceptors (Lipinski definition) is 3. The molecule has 0 radical (unpaired) electrons. The molecule has 2 rings (SSSR count). The number of aromatic nitrogens is 2. The van der Waals surface area contributed by atoms with Crippen molar-refractivity contribution in [2.24, 2.45) is 0 Å². The van der Waals surface area contributed by atoms with Crippen molar-refractivity contribution < 1.29 is 9.53 Å². The standard InChI is InChI=1S/C14H17N3O2/c1-10(2)19-12-4-5-13(11(3)8-12)16-14(18)17-7-6-15-9-17/h4-10H,1-3H3,(H,16,18). The van der Waals surface area contributed by atoms with Gasteiger partial charge in [0, 0.05) is 18.1 Å². The molecule has 0 spiro atoms. The first-order valence-electron chi connectivity index (χ1n) is 6.13. The van der Waals surface area contributed by atoms with E-state index in [-0.39, 0.29) is 12.1 Å². The molecule has 0 saturated heterocycles. The largest absolute Gasteiger partial charge is 0.491 e. The number of amides is 1. The van der Waals surface area contributed by atoms with Crippen LogP contribution in [0, 0.1) is 6.92 Å². The minimum absolute atomic E-state index is 0.130. The first kappa shape index (κ1) is 13.1. The zero-order valence-corrected chi connectivity index (χ0v) is 11.3. The summed E-state index contributed by atoms with van der Waals surface area (Å²) in [6.45, 7) is 5.88. The van der Waals surface area contributed by atoms with Crippen molar-refractivity contribution in [2.45, 2.75) is 26.9 Å². The molecule has 1 heterocycles. The summed E-state index contributed by atoms with van der Waals surface area (Å²) in [7, 11) is 0. The van der Waals surface area contributed by atoms with E-state index in [0.717, 1.165) is 17.0 Å². The van der Waals surface area contributed by atoms with Crippen LogP contribution in [0.1, 0.15) is 19.4 Å². The van der Waals surface area contributed by atoms with Gasteiger partial charge in [-0.15, -0.1) is 0 Å². The summed E-state index contributed by atoms with van der Waals surface area (Å²) in [5.74, 6) is 0.799. The Morgan fingerprint density at radius 2 is 2.21 bits per heavy atom. The highest BCUT2D eigenvalue weighted by molar-refractivity contribution is 5.91. The Kier molecular flexibility index (Phi) is 3.85. The van der Waals surface area contributed by atoms with Gasteiger partial charge < -0.3 is 10.1 Å². The van der Waals surface area contributed by atoms with Crippen molar-refractivity contribution in [3.8, 4) is 5.75 Å². The van der Waals surface area contributed by atoms with Crippen LogP contribution in [0.2, 0.25) is 0 Å². The third-order valence-electron chi connectivity index (χ3n) is 2.55. The van der Waals surface area contributed by atoms with Crippen molar-refractivity contribution in [1.82, 2.24) is 9.55 Å². The predicted molar refractivity (Wildman–Crippen MR) is 73.6 cm³/mol. The van der Waals surface area contributed by atoms with Crippen LogP contribution in [0.3, 0.4) is 0 Å². The predicted octanol–water partition coefficient (Wildman–Crippen LogP) is 3.06. The zero-order chi connectivity index (χ0) is 13.8. The summed E-state index contributed by atoms with van der Waals surface area (Å²) in [6.07, 6.45) is 4.75. The van der Waals surface area contributed by atoms with E-state index in [0.29, 0.717) is 0 Å². The molecule has 19 heavy (non-hydrogen) atoms. The summed E-state index contributed by atoms with van der Waals surface area (Å²) < 4.78 is 6.99. The monoisotopic (exact) mass is 259 g/mol. The van der Waals surface area contributed by atoms with Crippen molar-refractivity contribution in [1.29, 1.82) is 0 Å². The van der Waals surface area contributed by atoms with Crippen molar-refractivity contribution in [3.63, 3.8) is 0 Å². The molecule has 0 atom stereocenters. The SMILES string of the molecule is Cc1cc(OC(C)C)ccc1NC(=O)n1ccnc1. The van der Waals surface area contributed by atoms with Crippen LogP contribution in [0.5, 0.6) is 5.75 Å². The Balaban J connectivity index is 2.11. The Labute approximate surface area is 112 Å². The number of anilines is 1. The molecule has 0 aliphatic rings. The molecule has 0 bridgehead atoms. The van der Waals surface area contributed by atoms with E-state index in [9.17, 15) is 4.79 Å². The number of imidazole rings is 1. The molecule has 100 valence electrons. The van der Waals surface area contributed by atoms with E-state index in [1.807, 2.05) is 39.0 Å². The Morgan fingerprint density at radius 3 is 2.79 bits per heavy atom. The lowest BCUT2D eigenvalue weighted by Gasteiger charge is -2.13. The van der Waals surface area contributed by atoms with E-state index in [1.54, 1.807) is 12.4 Å². The van der Waals surface area contributed by atoms with Gasteiger partial charge in [0.15, 0.2) is 0 Å². The van der Waals surface area contributed by atoms with Gasteiger partial charge in [-0.1, -0.05) is 0 Å². The highest BCUT2D eigenvalue weighted by atomic mass is 16.5. The third-order valence-corrected chi connectivity index (χ3v) is 2.55. The molecular formula is C14H17N3O2. The molecule has 0 unspecified atom stereocenters. The van der Waals surface area contributed by atoms with Crippen molar-refractivity contribution >= 4 is 11.7 Å². The van der Waals surface area contributed by atoms with E-state index in [2.05, 4.69) is 10.3 Å². The van der Waals surface area contributed by atoms with Crippen molar-refractivity contribution in [2.75, 3.05) is 5.32 Å². The molecule has 1 aromatic carbocycles. The van der Waals surface area contributed by atoms with E-state index >= 15 is 0 Å². The summed E-state index contributed by atoms with van der Waals surface area (Å²) in [6, 6.07) is 5.35. The first-order chi connectivity index (χ1) is 9.06. The van der Waals surface area contributed by atoms with Gasteiger partial charge in [-0.25, -0.2) is 9.78 Å². The summed E-state index contributed by atoms with van der Waals surface area (Å²) >= 11 is 0. The van der Waals surface area contributed by atoms with Crippen LogP contribution in [-0.2, 0) is 0 Å². The maximum atomic E-state index is 11.9. The summed E-state index contributed by atoms with van der Waals surface area (Å²) in [4.78, 5) is 15.7. The lowest BCUT2D eigenvalue weighted by atomic mass is 10.2. The molecule has 0 fully saturated rings. The number of nitrogens with one attached hydrogen (secondary N) is 1. The van der Waals surface area contributed by atoms with Crippen LogP contribution < -0.4 is 10.1 Å². The highest BCUT2D eigenvalue weighted by Gasteiger charge is 2.07. The fraction of sp³-hybridized carbons (Fsp3) is 0.286. The van der Waals surface area contributed by atoms with E-state index in [1.165, 1.54) is 10.9 Å². The number of carbonyl (C=O) groups is 1. The molecule has 2 aromatic rings. The third kappa shape index (κ3) is 3.34. The average molecular weight is 259 g/mol. The number of hydrogen-bond donors (Lipinski definition) is 1. The fourth-order valence-electron chi connectivity index (χ4n) is 1.68. The summed E-state index contributed by atoms with van der Waals surface area (Å²) in [5.41, 5.74) is 1.71. The number of aryl methyl sites for hydroxylation is 1. The number of ether oxygens (including phenoxy) is 1. The molecule has 1 amide bonds. The molecule has 5 heteroatoms. The lowest BCUT2D eigenvalue weighted by Crippen LogP contribution is -2.18. The Bertz CT molecular complexity index is 562. The zero-order valence-electron chi connectivity index (χ0n) is 11.3. The highest BCUT2D eigenvalue weighted by Crippen LogP contribution is 2.22. The molecule has 0 aliphatic heterocycles. The van der Waals surface area contributed by atoms with Gasteiger partial charge in [0.1, 0.15) is 12.1 Å². The second-order valence-electron chi connectivity index (χ2n) is 4.54. The van der Waals surface area contributed by atoms with Crippen LogP contribution in [-0.4, -0.2) is 21.7 Å². The fourth-order valence-corrected chi connectivity index (χ4v) is 1.68. The molecule has 1 N–H and O–H groups in total. The Morgan fingerprint density at radius 1 is 1.42 bits per heavy atom. The topological polar surface area (TPSA) is 56.1 Å². The maximum absolute atomic E-state index is 11.9. The second kappa shape index (κ2) is 5.56. The molecular weight excluding hydrogens is 242 g/mol. The van der Waals surface area contributed by atoms with Gasteiger partial charge in [0.2, 0.25) is 0 Å². The van der Waals surface area contributed by atoms with Gasteiger partial charge in [-0.05, 0) is 44.5 Å². The number of nitrogens with zero attached hydrogens (tertiary/aromatic N) is 2. The minimum Gasteiger partial charge on any atom is -0.491 e. The average Bonchev–Trinajstić information content (AvgIpc) is 2.85. The van der Waals surface area contributed by atoms with Gasteiger partial charge in [-0.2, -0.15) is 0 Å². The number of benzene rings is 1. The summed E-state index contributed by atoms with van der Waals surface area (Å²) in [5, 5.41) is 2.82. The van der Waals surface area contributed by atoms with Gasteiger partial charge in [0.05, 0.1) is 6.10 Å². The van der Waals surface area contributed by atoms with Crippen molar-refractivity contribution in [3.05, 3.63) is 42.5 Å². The van der Waals surface area contributed by atoms with Crippen LogP contribution in [0.15, 0.2) is 36.9 Å². The van der Waals surface area contributed by atoms with Gasteiger partial charge in [0.25, 0.3) is 0 Å². The smallest absolute Gasteiger partial charge is 0.331 e. The molecule has 0 aliphatic carbocycles. The van der Waals surface area contributed by atoms with Gasteiger partial charge in [-0.3, -0.25) is 4.57 Å². The van der Waals surface area contributed by atoms with E-state index in [4.69, 9.17) is 4.74 Å². The van der Waals surface area contributed by atoms with E-state index < -0.39 is 0 Å². The Hall–Kier alpha value is -2.30. The quantitative estimate of drug-likeness (QED) is 0.921. The van der Waals surface area contributed by atoms with Gasteiger partial charge >= 0.3 is 6.03 Å². The first-order valence-corrected chi connectivity index (χ1v) is 6.13. The number of carbonyl (C=O) groups excluding carboxylic acids is 1. The maximum Gasteiger partial charge on any atom is 0.331 e. The van der Waals surface area contributed by atoms with Crippen LogP contribution >= 0.6 is 0 Å². The van der Waals surface area contributed by atoms with Crippen LogP contribution in [0.4, 0.5) is 10.5 Å². The molecule has 5 nitrogen and oxygen atoms in total. The minimum atomic E-state index is -0.238. The second-order valence-corrected chi connectivity index (χ2v) is 4.54.